The first-order valence-electron chi connectivity index (χ1n) is 5.40. The van der Waals surface area contributed by atoms with Gasteiger partial charge in [0.25, 0.3) is 5.91 Å². The maximum atomic E-state index is 12.0. The quantitative estimate of drug-likeness (QED) is 0.873. The van der Waals surface area contributed by atoms with E-state index >= 15 is 0 Å². The number of rotatable bonds is 4. The van der Waals surface area contributed by atoms with Crippen LogP contribution in [0.2, 0.25) is 0 Å². The van der Waals surface area contributed by atoms with Crippen molar-refractivity contribution in [2.24, 2.45) is 0 Å². The fraction of sp³-hybridized carbons (Fsp3) is 0.364. The minimum atomic E-state index is -0.112. The first-order chi connectivity index (χ1) is 8.26. The molecule has 2 aromatic heterocycles. The molecule has 0 fully saturated rings. The molecule has 90 valence electrons. The van der Waals surface area contributed by atoms with Crippen LogP contribution in [0.1, 0.15) is 23.7 Å². The summed E-state index contributed by atoms with van der Waals surface area (Å²) in [6.45, 7) is 2.03. The molecule has 0 aliphatic rings. The van der Waals surface area contributed by atoms with E-state index < -0.39 is 0 Å². The second kappa shape index (κ2) is 5.27. The van der Waals surface area contributed by atoms with E-state index in [0.29, 0.717) is 5.56 Å². The van der Waals surface area contributed by atoms with Gasteiger partial charge in [-0.2, -0.15) is 5.10 Å². The van der Waals surface area contributed by atoms with E-state index in [-0.39, 0.29) is 11.9 Å². The molecular formula is C11H13BrN4O. The van der Waals surface area contributed by atoms with Crippen LogP contribution in [0.5, 0.6) is 0 Å². The molecule has 5 nitrogen and oxygen atoms in total. The first kappa shape index (κ1) is 12.0. The summed E-state index contributed by atoms with van der Waals surface area (Å²) in [5, 5.41) is 7.79. The van der Waals surface area contributed by atoms with Crippen LogP contribution in [-0.2, 0) is 0 Å². The first-order valence-corrected chi connectivity index (χ1v) is 6.52. The van der Waals surface area contributed by atoms with Crippen molar-refractivity contribution in [2.75, 3.05) is 5.33 Å². The highest BCUT2D eigenvalue weighted by atomic mass is 79.9. The lowest BCUT2D eigenvalue weighted by Crippen LogP contribution is -2.35. The van der Waals surface area contributed by atoms with Crippen LogP contribution in [0.4, 0.5) is 0 Å². The molecule has 17 heavy (non-hydrogen) atoms. The van der Waals surface area contributed by atoms with Gasteiger partial charge in [0.1, 0.15) is 0 Å². The number of halogens is 1. The minimum Gasteiger partial charge on any atom is -0.348 e. The molecule has 2 rings (SSSR count). The van der Waals surface area contributed by atoms with Crippen LogP contribution >= 0.6 is 15.9 Å². The Morgan fingerprint density at radius 2 is 2.41 bits per heavy atom. The Morgan fingerprint density at radius 1 is 1.59 bits per heavy atom. The van der Waals surface area contributed by atoms with Gasteiger partial charge >= 0.3 is 0 Å². The van der Waals surface area contributed by atoms with Crippen LogP contribution < -0.4 is 5.32 Å². The highest BCUT2D eigenvalue weighted by Gasteiger charge is 2.15. The number of alkyl halides is 1. The molecule has 0 aliphatic heterocycles. The van der Waals surface area contributed by atoms with Crippen molar-refractivity contribution in [1.29, 1.82) is 0 Å². The molecule has 1 atom stereocenters. The Kier molecular flexibility index (Phi) is 3.73. The SMILES string of the molecule is CCC(CBr)NC(=O)c1cnn2ccncc12. The van der Waals surface area contributed by atoms with Gasteiger partial charge in [0.15, 0.2) is 0 Å². The normalized spacial score (nSPS) is 12.6. The van der Waals surface area contributed by atoms with E-state index in [1.165, 1.54) is 0 Å². The lowest BCUT2D eigenvalue weighted by Gasteiger charge is -2.12. The van der Waals surface area contributed by atoms with E-state index in [1.54, 1.807) is 29.3 Å². The van der Waals surface area contributed by atoms with Crippen molar-refractivity contribution in [3.05, 3.63) is 30.4 Å². The summed E-state index contributed by atoms with van der Waals surface area (Å²) in [6, 6.07) is 0.133. The predicted octanol–water partition coefficient (Wildman–Crippen LogP) is 1.63. The summed E-state index contributed by atoms with van der Waals surface area (Å²) in [7, 11) is 0. The van der Waals surface area contributed by atoms with E-state index in [9.17, 15) is 4.79 Å². The third kappa shape index (κ3) is 2.46. The van der Waals surface area contributed by atoms with Crippen LogP contribution in [0.15, 0.2) is 24.8 Å². The Bertz CT molecular complexity index is 521. The molecule has 2 heterocycles. The number of fused-ring (bicyclic) bond motifs is 1. The topological polar surface area (TPSA) is 59.3 Å². The summed E-state index contributed by atoms with van der Waals surface area (Å²) in [5.74, 6) is -0.112. The molecule has 0 bridgehead atoms. The van der Waals surface area contributed by atoms with E-state index in [0.717, 1.165) is 17.3 Å². The van der Waals surface area contributed by atoms with Gasteiger partial charge in [-0.1, -0.05) is 22.9 Å². The van der Waals surface area contributed by atoms with Gasteiger partial charge in [0, 0.05) is 23.8 Å². The van der Waals surface area contributed by atoms with Gasteiger partial charge < -0.3 is 5.32 Å². The summed E-state index contributed by atoms with van der Waals surface area (Å²) in [6.07, 6.45) is 7.43. The molecule has 0 aliphatic carbocycles. The van der Waals surface area contributed by atoms with Gasteiger partial charge in [0.05, 0.1) is 23.5 Å². The number of carbonyl (C=O) groups is 1. The van der Waals surface area contributed by atoms with Crippen molar-refractivity contribution in [3.8, 4) is 0 Å². The van der Waals surface area contributed by atoms with Gasteiger partial charge in [-0.15, -0.1) is 0 Å². The Labute approximate surface area is 107 Å². The molecule has 6 heteroatoms. The zero-order valence-electron chi connectivity index (χ0n) is 9.43. The zero-order chi connectivity index (χ0) is 12.3. The lowest BCUT2D eigenvalue weighted by molar-refractivity contribution is 0.0942. The number of aromatic nitrogens is 3. The lowest BCUT2D eigenvalue weighted by atomic mass is 10.2. The highest BCUT2D eigenvalue weighted by molar-refractivity contribution is 9.09. The van der Waals surface area contributed by atoms with Gasteiger partial charge in [-0.05, 0) is 6.42 Å². The van der Waals surface area contributed by atoms with Gasteiger partial charge in [0.2, 0.25) is 0 Å². The third-order valence-corrected chi connectivity index (χ3v) is 3.37. The van der Waals surface area contributed by atoms with Crippen molar-refractivity contribution in [2.45, 2.75) is 19.4 Å². The van der Waals surface area contributed by atoms with Crippen LogP contribution in [0.3, 0.4) is 0 Å². The summed E-state index contributed by atoms with van der Waals surface area (Å²) >= 11 is 3.37. The largest absolute Gasteiger partial charge is 0.348 e. The van der Waals surface area contributed by atoms with Crippen LogP contribution in [-0.4, -0.2) is 31.9 Å². The predicted molar refractivity (Wildman–Crippen MR) is 68.3 cm³/mol. The Hall–Kier alpha value is -1.43. The number of hydrogen-bond acceptors (Lipinski definition) is 3. The fourth-order valence-corrected chi connectivity index (χ4v) is 2.14. The number of hydrogen-bond donors (Lipinski definition) is 1. The smallest absolute Gasteiger partial charge is 0.255 e. The molecule has 1 N–H and O–H groups in total. The molecule has 1 unspecified atom stereocenters. The van der Waals surface area contributed by atoms with Crippen LogP contribution in [0, 0.1) is 0 Å². The molecular weight excluding hydrogens is 284 g/mol. The molecule has 0 aromatic carbocycles. The molecule has 2 aromatic rings. The Morgan fingerprint density at radius 3 is 3.12 bits per heavy atom. The standard InChI is InChI=1S/C11H13BrN4O/c1-2-8(5-12)15-11(17)9-6-14-16-4-3-13-7-10(9)16/h3-4,6-8H,2,5H2,1H3,(H,15,17). The van der Waals surface area contributed by atoms with Crippen molar-refractivity contribution >= 4 is 27.4 Å². The molecule has 0 saturated heterocycles. The van der Waals surface area contributed by atoms with E-state index in [1.807, 2.05) is 6.92 Å². The average Bonchev–Trinajstić information content (AvgIpc) is 2.79. The molecule has 0 radical (unpaired) electrons. The highest BCUT2D eigenvalue weighted by Crippen LogP contribution is 2.09. The summed E-state index contributed by atoms with van der Waals surface area (Å²) in [4.78, 5) is 16.0. The van der Waals surface area contributed by atoms with Crippen molar-refractivity contribution in [1.82, 2.24) is 19.9 Å². The molecule has 1 amide bonds. The number of nitrogens with one attached hydrogen (secondary N) is 1. The average molecular weight is 297 g/mol. The molecule has 0 spiro atoms. The van der Waals surface area contributed by atoms with Gasteiger partial charge in [-0.25, -0.2) is 4.52 Å². The number of nitrogens with zero attached hydrogens (tertiary/aromatic N) is 3. The number of carbonyl (C=O) groups excluding carboxylic acids is 1. The van der Waals surface area contributed by atoms with Crippen molar-refractivity contribution in [3.63, 3.8) is 0 Å². The Balaban J connectivity index is 2.25. The maximum Gasteiger partial charge on any atom is 0.255 e. The zero-order valence-corrected chi connectivity index (χ0v) is 11.0. The third-order valence-electron chi connectivity index (χ3n) is 2.58. The van der Waals surface area contributed by atoms with E-state index in [4.69, 9.17) is 0 Å². The second-order valence-electron chi connectivity index (χ2n) is 3.70. The van der Waals surface area contributed by atoms with E-state index in [2.05, 4.69) is 31.3 Å². The molecule has 0 saturated carbocycles. The van der Waals surface area contributed by atoms with Gasteiger partial charge in [-0.3, -0.25) is 9.78 Å². The summed E-state index contributed by atoms with van der Waals surface area (Å²) in [5.41, 5.74) is 1.27. The fourth-order valence-electron chi connectivity index (χ4n) is 1.52. The second-order valence-corrected chi connectivity index (χ2v) is 4.34. The number of amides is 1. The minimum absolute atomic E-state index is 0.112. The monoisotopic (exact) mass is 296 g/mol. The summed E-state index contributed by atoms with van der Waals surface area (Å²) < 4.78 is 1.64. The van der Waals surface area contributed by atoms with Crippen molar-refractivity contribution < 1.29 is 4.79 Å². The van der Waals surface area contributed by atoms with Crippen LogP contribution in [0.25, 0.3) is 5.52 Å². The maximum absolute atomic E-state index is 12.0.